The molecule has 2 aromatic carbocycles. The number of carbonyl (C=O) groups is 2. The lowest BCUT2D eigenvalue weighted by molar-refractivity contribution is 0.0599. The van der Waals surface area contributed by atoms with Gasteiger partial charge in [-0.2, -0.15) is 0 Å². The fraction of sp³-hybridized carbons (Fsp3) is 0.400. The highest BCUT2D eigenvalue weighted by molar-refractivity contribution is 6.80. The van der Waals surface area contributed by atoms with Crippen molar-refractivity contribution in [3.63, 3.8) is 0 Å². The molecule has 162 valence electrons. The maximum absolute atomic E-state index is 14.2. The molecular formula is C25H30N2O3Si. The van der Waals surface area contributed by atoms with Crippen molar-refractivity contribution in [1.82, 2.24) is 9.55 Å². The van der Waals surface area contributed by atoms with E-state index in [2.05, 4.69) is 27.7 Å². The van der Waals surface area contributed by atoms with Gasteiger partial charge in [0.15, 0.2) is 0 Å². The number of nitrogens with zero attached hydrogens (tertiary/aromatic N) is 2. The van der Waals surface area contributed by atoms with Crippen LogP contribution in [0.25, 0.3) is 22.4 Å². The van der Waals surface area contributed by atoms with Gasteiger partial charge >= 0.3 is 5.97 Å². The molecule has 0 N–H and O–H groups in total. The topological polar surface area (TPSA) is 61.2 Å². The van der Waals surface area contributed by atoms with Gasteiger partial charge in [0.05, 0.1) is 37.2 Å². The summed E-state index contributed by atoms with van der Waals surface area (Å²) >= 11 is 0. The van der Waals surface area contributed by atoms with Crippen LogP contribution >= 0.6 is 0 Å². The first-order chi connectivity index (χ1) is 14.8. The number of para-hydroxylation sites is 2. The second-order valence-electron chi connectivity index (χ2n) is 8.89. The molecule has 1 atom stereocenters. The number of aromatic nitrogens is 2. The Hall–Kier alpha value is -2.73. The number of methoxy groups -OCH3 is 1. The average molecular weight is 435 g/mol. The van der Waals surface area contributed by atoms with Crippen molar-refractivity contribution in [2.75, 3.05) is 7.11 Å². The van der Waals surface area contributed by atoms with Gasteiger partial charge in [-0.25, -0.2) is 9.78 Å². The van der Waals surface area contributed by atoms with E-state index in [-0.39, 0.29) is 11.9 Å². The van der Waals surface area contributed by atoms with E-state index < -0.39 is 13.5 Å². The number of hydrogen-bond donors (Lipinski definition) is 0. The molecule has 1 unspecified atom stereocenters. The van der Waals surface area contributed by atoms with E-state index in [9.17, 15) is 9.59 Å². The molecule has 0 spiro atoms. The SMILES string of the molecule is CC[Si](CC)(CC)CC1(C)C(=O)n2c(nc3ccccc32)-c2ccc(C(=O)OC)cc21. The normalized spacial score (nSPS) is 18.0. The highest BCUT2D eigenvalue weighted by Gasteiger charge is 2.48. The summed E-state index contributed by atoms with van der Waals surface area (Å²) in [5.74, 6) is 0.325. The highest BCUT2D eigenvalue weighted by atomic mass is 28.3. The van der Waals surface area contributed by atoms with Crippen LogP contribution < -0.4 is 0 Å². The van der Waals surface area contributed by atoms with Crippen molar-refractivity contribution in [2.24, 2.45) is 0 Å². The summed E-state index contributed by atoms with van der Waals surface area (Å²) in [7, 11) is -0.296. The lowest BCUT2D eigenvalue weighted by atomic mass is 9.77. The molecule has 1 aromatic heterocycles. The van der Waals surface area contributed by atoms with Crippen molar-refractivity contribution in [1.29, 1.82) is 0 Å². The van der Waals surface area contributed by atoms with E-state index in [1.54, 1.807) is 10.6 Å². The third-order valence-corrected chi connectivity index (χ3v) is 13.4. The Kier molecular flexibility index (Phi) is 5.37. The van der Waals surface area contributed by atoms with Crippen LogP contribution in [0.1, 0.15) is 48.4 Å². The first-order valence-corrected chi connectivity index (χ1v) is 13.9. The van der Waals surface area contributed by atoms with Gasteiger partial charge in [0, 0.05) is 5.56 Å². The number of rotatable bonds is 6. The minimum absolute atomic E-state index is 0.0536. The summed E-state index contributed by atoms with van der Waals surface area (Å²) in [4.78, 5) is 31.3. The van der Waals surface area contributed by atoms with Crippen molar-refractivity contribution < 1.29 is 14.3 Å². The predicted molar refractivity (Wildman–Crippen MR) is 126 cm³/mol. The van der Waals surface area contributed by atoms with E-state index in [0.717, 1.165) is 46.3 Å². The zero-order valence-corrected chi connectivity index (χ0v) is 20.0. The number of fused-ring (bicyclic) bond motifs is 5. The monoisotopic (exact) mass is 434 g/mol. The molecule has 4 rings (SSSR count). The smallest absolute Gasteiger partial charge is 0.337 e. The maximum atomic E-state index is 14.2. The molecule has 0 bridgehead atoms. The van der Waals surface area contributed by atoms with E-state index in [0.29, 0.717) is 11.4 Å². The number of hydrogen-bond acceptors (Lipinski definition) is 4. The van der Waals surface area contributed by atoms with E-state index in [1.165, 1.54) is 7.11 Å². The second kappa shape index (κ2) is 7.75. The zero-order chi connectivity index (χ0) is 22.4. The van der Waals surface area contributed by atoms with Crippen LogP contribution in [0, 0.1) is 0 Å². The van der Waals surface area contributed by atoms with Crippen molar-refractivity contribution in [2.45, 2.75) is 57.3 Å². The predicted octanol–water partition coefficient (Wildman–Crippen LogP) is 5.91. The Morgan fingerprint density at radius 2 is 1.77 bits per heavy atom. The highest BCUT2D eigenvalue weighted by Crippen LogP contribution is 2.47. The molecule has 6 heteroatoms. The van der Waals surface area contributed by atoms with Crippen molar-refractivity contribution in [3.05, 3.63) is 53.6 Å². The van der Waals surface area contributed by atoms with E-state index in [4.69, 9.17) is 9.72 Å². The van der Waals surface area contributed by atoms with Crippen molar-refractivity contribution in [3.8, 4) is 11.4 Å². The largest absolute Gasteiger partial charge is 0.465 e. The first kappa shape index (κ1) is 21.5. The molecular weight excluding hydrogens is 404 g/mol. The van der Waals surface area contributed by atoms with Crippen LogP contribution in [0.15, 0.2) is 42.5 Å². The lowest BCUT2D eigenvalue weighted by Crippen LogP contribution is -2.48. The Morgan fingerprint density at radius 3 is 2.42 bits per heavy atom. The third kappa shape index (κ3) is 3.16. The third-order valence-electron chi connectivity index (χ3n) is 7.49. The van der Waals surface area contributed by atoms with Gasteiger partial charge in [-0.15, -0.1) is 0 Å². The zero-order valence-electron chi connectivity index (χ0n) is 19.0. The van der Waals surface area contributed by atoms with Crippen LogP contribution in [0.5, 0.6) is 0 Å². The number of ether oxygens (including phenoxy) is 1. The summed E-state index contributed by atoms with van der Waals surface area (Å²) in [5.41, 5.74) is 3.23. The van der Waals surface area contributed by atoms with Crippen LogP contribution in [-0.2, 0) is 10.2 Å². The van der Waals surface area contributed by atoms with Gasteiger partial charge in [-0.05, 0) is 42.8 Å². The number of carbonyl (C=O) groups excluding carboxylic acids is 2. The molecule has 0 saturated carbocycles. The molecule has 3 aromatic rings. The standard InChI is InChI=1S/C25H30N2O3Si/c1-6-31(7-2,8-3)16-25(4)19-15-17(23(28)30-5)13-14-18(19)22-26-20-11-9-10-12-21(20)27(22)24(25)29/h9-15H,6-8,16H2,1-5H3. The van der Waals surface area contributed by atoms with Gasteiger partial charge in [0.2, 0.25) is 5.91 Å². The Morgan fingerprint density at radius 1 is 1.10 bits per heavy atom. The second-order valence-corrected chi connectivity index (χ2v) is 14.4. The van der Waals surface area contributed by atoms with Gasteiger partial charge in [-0.3, -0.25) is 9.36 Å². The lowest BCUT2D eigenvalue weighted by Gasteiger charge is -2.42. The van der Waals surface area contributed by atoms with Crippen molar-refractivity contribution >= 4 is 31.0 Å². The Balaban J connectivity index is 2.02. The van der Waals surface area contributed by atoms with Gasteiger partial charge in [0.25, 0.3) is 0 Å². The number of imidazole rings is 1. The minimum Gasteiger partial charge on any atom is -0.465 e. The van der Waals surface area contributed by atoms with Crippen LogP contribution in [-0.4, -0.2) is 36.6 Å². The molecule has 5 nitrogen and oxygen atoms in total. The van der Waals surface area contributed by atoms with E-state index in [1.807, 2.05) is 36.4 Å². The molecule has 0 radical (unpaired) electrons. The Bertz CT molecular complexity index is 1170. The molecule has 1 aliphatic heterocycles. The minimum atomic E-state index is -1.68. The molecule has 2 heterocycles. The molecule has 1 aliphatic rings. The number of esters is 1. The fourth-order valence-corrected chi connectivity index (χ4v) is 9.35. The summed E-state index contributed by atoms with van der Waals surface area (Å²) in [6.45, 7) is 8.86. The molecule has 0 saturated heterocycles. The summed E-state index contributed by atoms with van der Waals surface area (Å²) in [5, 5.41) is 0. The molecule has 0 amide bonds. The van der Waals surface area contributed by atoms with Gasteiger partial charge in [0.1, 0.15) is 5.82 Å². The molecule has 0 aliphatic carbocycles. The van der Waals surface area contributed by atoms with Gasteiger partial charge < -0.3 is 4.74 Å². The van der Waals surface area contributed by atoms with Gasteiger partial charge in [-0.1, -0.05) is 57.1 Å². The molecule has 31 heavy (non-hydrogen) atoms. The quantitative estimate of drug-likeness (QED) is 0.357. The average Bonchev–Trinajstić information content (AvgIpc) is 3.20. The molecule has 0 fully saturated rings. The summed E-state index contributed by atoms with van der Waals surface area (Å²) < 4.78 is 6.77. The summed E-state index contributed by atoms with van der Waals surface area (Å²) in [6.07, 6.45) is 0. The van der Waals surface area contributed by atoms with Crippen LogP contribution in [0.4, 0.5) is 0 Å². The maximum Gasteiger partial charge on any atom is 0.337 e. The number of benzene rings is 2. The Labute approximate surface area is 184 Å². The summed E-state index contributed by atoms with van der Waals surface area (Å²) in [6, 6.07) is 17.6. The van der Waals surface area contributed by atoms with Crippen LogP contribution in [0.3, 0.4) is 0 Å². The van der Waals surface area contributed by atoms with E-state index >= 15 is 0 Å². The fourth-order valence-electron chi connectivity index (χ4n) is 5.26. The van der Waals surface area contributed by atoms with Crippen LogP contribution in [0.2, 0.25) is 24.2 Å². The first-order valence-electron chi connectivity index (χ1n) is 11.1.